The molecule has 0 aromatic carbocycles. The number of aliphatic carboxylic acids is 2. The first-order chi connectivity index (χ1) is 8.20. The van der Waals surface area contributed by atoms with Crippen LogP contribution in [0.5, 0.6) is 0 Å². The van der Waals surface area contributed by atoms with E-state index in [1.54, 1.807) is 0 Å². The second-order valence-electron chi connectivity index (χ2n) is 2.84. The van der Waals surface area contributed by atoms with Crippen molar-refractivity contribution in [2.24, 2.45) is 0 Å². The van der Waals surface area contributed by atoms with Gasteiger partial charge in [-0.2, -0.15) is 0 Å². The van der Waals surface area contributed by atoms with Gasteiger partial charge in [0.1, 0.15) is 13.2 Å². The van der Waals surface area contributed by atoms with Crippen LogP contribution >= 0.6 is 0 Å². The largest absolute Gasteiger partial charge is 0.478 e. The molecular weight excluding hydrogens is 240 g/mol. The third-order valence-electron chi connectivity index (χ3n) is 1.01. The average molecular weight is 258 g/mol. The number of hydrogen-bond acceptors (Lipinski definition) is 4. The fourth-order valence-corrected chi connectivity index (χ4v) is 0.112. The van der Waals surface area contributed by atoms with Gasteiger partial charge in [-0.15, -0.1) is 0 Å². The maximum atomic E-state index is 9.60. The van der Waals surface area contributed by atoms with E-state index in [9.17, 15) is 9.59 Å². The predicted molar refractivity (Wildman–Crippen MR) is 66.8 cm³/mol. The van der Waals surface area contributed by atoms with Crippen LogP contribution in [0.3, 0.4) is 0 Å². The van der Waals surface area contributed by atoms with E-state index in [0.29, 0.717) is 0 Å². The molecular formula is C12H18O6. The lowest BCUT2D eigenvalue weighted by Gasteiger charge is -1.79. The zero-order valence-electron chi connectivity index (χ0n) is 10.4. The molecule has 6 nitrogen and oxygen atoms in total. The monoisotopic (exact) mass is 258 g/mol. The van der Waals surface area contributed by atoms with Gasteiger partial charge < -0.3 is 20.4 Å². The first-order valence-corrected chi connectivity index (χ1v) is 4.65. The van der Waals surface area contributed by atoms with Gasteiger partial charge in [-0.25, -0.2) is 9.59 Å². The third kappa shape index (κ3) is 29.2. The summed E-state index contributed by atoms with van der Waals surface area (Å²) in [7, 11) is 0. The molecule has 18 heavy (non-hydrogen) atoms. The Morgan fingerprint density at radius 1 is 0.889 bits per heavy atom. The highest BCUT2D eigenvalue weighted by atomic mass is 16.4. The lowest BCUT2D eigenvalue weighted by atomic mass is 10.4. The summed E-state index contributed by atoms with van der Waals surface area (Å²) in [5, 5.41) is 31.6. The Hall–Kier alpha value is -2.10. The van der Waals surface area contributed by atoms with Crippen molar-refractivity contribution in [2.75, 3.05) is 13.2 Å². The maximum Gasteiger partial charge on any atom is 0.330 e. The number of hydrogen-bond donors (Lipinski definition) is 4. The van der Waals surface area contributed by atoms with Crippen molar-refractivity contribution < 1.29 is 30.0 Å². The van der Waals surface area contributed by atoms with E-state index >= 15 is 0 Å². The van der Waals surface area contributed by atoms with Crippen molar-refractivity contribution in [2.45, 2.75) is 13.8 Å². The minimum atomic E-state index is -0.935. The molecule has 0 bridgehead atoms. The summed E-state index contributed by atoms with van der Waals surface area (Å²) in [6.07, 6.45) is 0. The van der Waals surface area contributed by atoms with Gasteiger partial charge in [0.05, 0.1) is 0 Å². The first-order valence-electron chi connectivity index (χ1n) is 4.65. The lowest BCUT2D eigenvalue weighted by molar-refractivity contribution is -0.133. The van der Waals surface area contributed by atoms with Crippen molar-refractivity contribution in [1.29, 1.82) is 0 Å². The van der Waals surface area contributed by atoms with Crippen LogP contribution in [-0.2, 0) is 9.59 Å². The lowest BCUT2D eigenvalue weighted by Crippen LogP contribution is -1.92. The molecule has 0 fully saturated rings. The van der Waals surface area contributed by atoms with Crippen LogP contribution in [0.1, 0.15) is 13.8 Å². The highest BCUT2D eigenvalue weighted by Gasteiger charge is 1.90. The van der Waals surface area contributed by atoms with Crippen LogP contribution in [0.4, 0.5) is 0 Å². The van der Waals surface area contributed by atoms with Gasteiger partial charge >= 0.3 is 11.9 Å². The number of carbonyl (C=O) groups is 2. The van der Waals surface area contributed by atoms with E-state index < -0.39 is 11.9 Å². The molecule has 0 heterocycles. The molecule has 0 rings (SSSR count). The molecule has 0 atom stereocenters. The van der Waals surface area contributed by atoms with Gasteiger partial charge in [-0.05, 0) is 13.8 Å². The quantitative estimate of drug-likeness (QED) is 0.417. The highest BCUT2D eigenvalue weighted by Crippen LogP contribution is 1.81. The number of carboxylic acids is 2. The van der Waals surface area contributed by atoms with Crippen LogP contribution < -0.4 is 0 Å². The van der Waals surface area contributed by atoms with Crippen LogP contribution in [0, 0.1) is 11.8 Å². The van der Waals surface area contributed by atoms with Crippen molar-refractivity contribution in [3.05, 3.63) is 24.3 Å². The molecule has 0 aromatic heterocycles. The Morgan fingerprint density at radius 2 is 1.06 bits per heavy atom. The van der Waals surface area contributed by atoms with Gasteiger partial charge in [0.25, 0.3) is 0 Å². The summed E-state index contributed by atoms with van der Waals surface area (Å²) in [5.41, 5.74) is 0.352. The summed E-state index contributed by atoms with van der Waals surface area (Å²) in [4.78, 5) is 19.2. The maximum absolute atomic E-state index is 9.60. The number of carboxylic acid groups (broad SMARTS) is 2. The predicted octanol–water partition coefficient (Wildman–Crippen LogP) is 0.269. The summed E-state index contributed by atoms with van der Waals surface area (Å²) in [6, 6.07) is 0. The Balaban J connectivity index is -0.000000187. The normalized spacial score (nSPS) is 7.11. The number of aliphatic hydroxyl groups is 2. The van der Waals surface area contributed by atoms with Gasteiger partial charge in [0, 0.05) is 11.1 Å². The summed E-state index contributed by atoms with van der Waals surface area (Å²) in [6.45, 7) is 8.87. The van der Waals surface area contributed by atoms with Crippen molar-refractivity contribution >= 4 is 11.9 Å². The second-order valence-corrected chi connectivity index (χ2v) is 2.84. The molecule has 0 unspecified atom stereocenters. The van der Waals surface area contributed by atoms with Crippen molar-refractivity contribution in [1.82, 2.24) is 0 Å². The smallest absolute Gasteiger partial charge is 0.330 e. The van der Waals surface area contributed by atoms with Gasteiger partial charge in [0.2, 0.25) is 0 Å². The van der Waals surface area contributed by atoms with Crippen molar-refractivity contribution in [3.8, 4) is 11.8 Å². The summed E-state index contributed by atoms with van der Waals surface area (Å²) < 4.78 is 0. The molecule has 0 spiro atoms. The Kier molecular flexibility index (Phi) is 17.6. The fraction of sp³-hybridized carbons (Fsp3) is 0.333. The molecule has 6 heteroatoms. The Morgan fingerprint density at radius 3 is 1.11 bits per heavy atom. The molecule has 0 aliphatic carbocycles. The van der Waals surface area contributed by atoms with Gasteiger partial charge in [0.15, 0.2) is 0 Å². The summed E-state index contributed by atoms with van der Waals surface area (Å²) in [5.74, 6) is 2.64. The first kappa shape index (κ1) is 21.2. The van der Waals surface area contributed by atoms with Crippen LogP contribution in [0.15, 0.2) is 24.3 Å². The Labute approximate surface area is 106 Å². The molecule has 0 amide bonds. The van der Waals surface area contributed by atoms with E-state index in [4.69, 9.17) is 20.4 Å². The van der Waals surface area contributed by atoms with E-state index in [0.717, 1.165) is 0 Å². The van der Waals surface area contributed by atoms with E-state index in [1.807, 2.05) is 0 Å². The van der Waals surface area contributed by atoms with Crippen molar-refractivity contribution in [3.63, 3.8) is 0 Å². The third-order valence-corrected chi connectivity index (χ3v) is 1.01. The van der Waals surface area contributed by atoms with Crippen LogP contribution in [0.2, 0.25) is 0 Å². The SMILES string of the molecule is C=C(C)C(=O)O.C=C(C)C(=O)O.OCC#CCO. The molecule has 102 valence electrons. The zero-order chi connectivity index (χ0) is 15.1. The minimum Gasteiger partial charge on any atom is -0.478 e. The number of aliphatic hydroxyl groups excluding tert-OH is 2. The molecule has 0 aliphatic heterocycles. The molecule has 0 saturated heterocycles. The molecule has 0 radical (unpaired) electrons. The van der Waals surface area contributed by atoms with Gasteiger partial charge in [-0.3, -0.25) is 0 Å². The van der Waals surface area contributed by atoms with E-state index in [2.05, 4.69) is 25.0 Å². The molecule has 0 saturated carbocycles. The zero-order valence-corrected chi connectivity index (χ0v) is 10.4. The number of rotatable bonds is 2. The molecule has 0 aromatic rings. The Bertz CT molecular complexity index is 289. The van der Waals surface area contributed by atoms with E-state index in [1.165, 1.54) is 13.8 Å². The summed E-state index contributed by atoms with van der Waals surface area (Å²) >= 11 is 0. The minimum absolute atomic E-state index is 0.166. The average Bonchev–Trinajstić information content (AvgIpc) is 2.27. The van der Waals surface area contributed by atoms with E-state index in [-0.39, 0.29) is 24.4 Å². The van der Waals surface area contributed by atoms with Gasteiger partial charge in [-0.1, -0.05) is 25.0 Å². The molecule has 0 aliphatic rings. The fourth-order valence-electron chi connectivity index (χ4n) is 0.112. The highest BCUT2D eigenvalue weighted by molar-refractivity contribution is 5.85. The van der Waals surface area contributed by atoms with Crippen LogP contribution in [0.25, 0.3) is 0 Å². The molecule has 4 N–H and O–H groups in total. The topological polar surface area (TPSA) is 115 Å². The second kappa shape index (κ2) is 14.9. The standard InChI is InChI=1S/3C4H6O2/c2*1-3(2)4(5)6;5-3-1-2-4-6/h2*1H2,2H3,(H,5,6);5-6H,3-4H2. The van der Waals surface area contributed by atoms with Crippen LogP contribution in [-0.4, -0.2) is 45.6 Å².